The van der Waals surface area contributed by atoms with E-state index >= 15 is 0 Å². The highest BCUT2D eigenvalue weighted by Crippen LogP contribution is 2.26. The fraction of sp³-hybridized carbons (Fsp3) is 0.600. The Morgan fingerprint density at radius 1 is 1.24 bits per heavy atom. The van der Waals surface area contributed by atoms with Crippen molar-refractivity contribution in [2.24, 2.45) is 5.92 Å². The third-order valence-corrected chi connectivity index (χ3v) is 4.88. The lowest BCUT2D eigenvalue weighted by Gasteiger charge is -2.16. The monoisotopic (exact) mass is 314 g/mol. The van der Waals surface area contributed by atoms with Gasteiger partial charge in [0.25, 0.3) is 0 Å². The third-order valence-electron chi connectivity index (χ3n) is 3.25. The quantitative estimate of drug-likeness (QED) is 0.723. The Balaban J connectivity index is 2.77. The van der Waals surface area contributed by atoms with Crippen LogP contribution >= 0.6 is 0 Å². The zero-order valence-corrected chi connectivity index (χ0v) is 14.0. The van der Waals surface area contributed by atoms with Gasteiger partial charge in [-0.25, -0.2) is 13.1 Å². The highest BCUT2D eigenvalue weighted by atomic mass is 32.2. The lowest BCUT2D eigenvalue weighted by molar-refractivity contribution is 0.402. The van der Waals surface area contributed by atoms with Crippen LogP contribution in [0, 0.1) is 5.92 Å². The molecule has 21 heavy (non-hydrogen) atoms. The first-order chi connectivity index (χ1) is 9.76. The Bertz CT molecular complexity index is 556. The zero-order chi connectivity index (χ0) is 16.0. The summed E-state index contributed by atoms with van der Waals surface area (Å²) >= 11 is 0. The Kier molecular flexibility index (Phi) is 6.48. The molecule has 0 aliphatic rings. The first-order valence-electron chi connectivity index (χ1n) is 7.22. The smallest absolute Gasteiger partial charge is 0.244 e. The Morgan fingerprint density at radius 2 is 1.90 bits per heavy atom. The SMILES string of the molecule is COc1cc(N)ccc1S(=O)(=O)NC(C)CCCC(C)C. The van der Waals surface area contributed by atoms with E-state index in [4.69, 9.17) is 10.5 Å². The van der Waals surface area contributed by atoms with Crippen molar-refractivity contribution in [1.82, 2.24) is 4.72 Å². The summed E-state index contributed by atoms with van der Waals surface area (Å²) in [7, 11) is -2.17. The number of anilines is 1. The number of benzene rings is 1. The number of methoxy groups -OCH3 is 1. The topological polar surface area (TPSA) is 81.4 Å². The molecule has 1 aromatic carbocycles. The minimum Gasteiger partial charge on any atom is -0.495 e. The fourth-order valence-corrected chi connectivity index (χ4v) is 3.55. The standard InChI is InChI=1S/C15H26N2O3S/c1-11(2)6-5-7-12(3)17-21(18,19)15-9-8-13(16)10-14(15)20-4/h8-12,17H,5-7,16H2,1-4H3. The average molecular weight is 314 g/mol. The summed E-state index contributed by atoms with van der Waals surface area (Å²) in [5, 5.41) is 0. The van der Waals surface area contributed by atoms with E-state index in [2.05, 4.69) is 18.6 Å². The maximum atomic E-state index is 12.4. The molecule has 3 N–H and O–H groups in total. The molecule has 0 spiro atoms. The van der Waals surface area contributed by atoms with Crippen LogP contribution in [0.1, 0.15) is 40.0 Å². The molecule has 1 unspecified atom stereocenters. The fourth-order valence-electron chi connectivity index (χ4n) is 2.13. The van der Waals surface area contributed by atoms with Crippen molar-refractivity contribution in [3.05, 3.63) is 18.2 Å². The van der Waals surface area contributed by atoms with Gasteiger partial charge in [0.1, 0.15) is 10.6 Å². The number of nitrogens with two attached hydrogens (primary N) is 1. The van der Waals surface area contributed by atoms with Crippen molar-refractivity contribution in [2.75, 3.05) is 12.8 Å². The van der Waals surface area contributed by atoms with Gasteiger partial charge in [-0.05, 0) is 31.4 Å². The molecule has 1 rings (SSSR count). The molecule has 0 saturated carbocycles. The Labute approximate surface area is 127 Å². The maximum Gasteiger partial charge on any atom is 0.244 e. The minimum absolute atomic E-state index is 0.115. The zero-order valence-electron chi connectivity index (χ0n) is 13.2. The van der Waals surface area contributed by atoms with Crippen molar-refractivity contribution >= 4 is 15.7 Å². The van der Waals surface area contributed by atoms with Crippen LogP contribution in [0.4, 0.5) is 5.69 Å². The number of sulfonamides is 1. The molecule has 0 aliphatic carbocycles. The van der Waals surface area contributed by atoms with Crippen molar-refractivity contribution in [3.63, 3.8) is 0 Å². The summed E-state index contributed by atoms with van der Waals surface area (Å²) in [6, 6.07) is 4.42. The highest BCUT2D eigenvalue weighted by molar-refractivity contribution is 7.89. The largest absolute Gasteiger partial charge is 0.495 e. The van der Waals surface area contributed by atoms with Crippen LogP contribution in [0.5, 0.6) is 5.75 Å². The van der Waals surface area contributed by atoms with E-state index < -0.39 is 10.0 Å². The molecular formula is C15H26N2O3S. The maximum absolute atomic E-state index is 12.4. The van der Waals surface area contributed by atoms with Gasteiger partial charge in [-0.3, -0.25) is 0 Å². The van der Waals surface area contributed by atoms with Crippen LogP contribution in [0.2, 0.25) is 0 Å². The van der Waals surface area contributed by atoms with E-state index in [1.54, 1.807) is 6.07 Å². The predicted molar refractivity (Wildman–Crippen MR) is 85.9 cm³/mol. The van der Waals surface area contributed by atoms with Crippen LogP contribution in [-0.4, -0.2) is 21.6 Å². The molecule has 5 nitrogen and oxygen atoms in total. The molecular weight excluding hydrogens is 288 g/mol. The molecule has 1 atom stereocenters. The first kappa shape index (κ1) is 17.8. The van der Waals surface area contributed by atoms with Crippen LogP contribution in [0.25, 0.3) is 0 Å². The molecule has 120 valence electrons. The molecule has 0 saturated heterocycles. The summed E-state index contributed by atoms with van der Waals surface area (Å²) in [5.41, 5.74) is 6.11. The Morgan fingerprint density at radius 3 is 2.48 bits per heavy atom. The number of nitrogen functional groups attached to an aromatic ring is 1. The molecule has 6 heteroatoms. The summed E-state index contributed by atoms with van der Waals surface area (Å²) in [5.74, 6) is 0.892. The molecule has 0 radical (unpaired) electrons. The number of ether oxygens (including phenoxy) is 1. The number of hydrogen-bond donors (Lipinski definition) is 2. The predicted octanol–water partition coefficient (Wildman–Crippen LogP) is 2.77. The second-order valence-electron chi connectivity index (χ2n) is 5.76. The average Bonchev–Trinajstić information content (AvgIpc) is 2.36. The minimum atomic E-state index is -3.60. The van der Waals surface area contributed by atoms with Crippen molar-refractivity contribution in [1.29, 1.82) is 0 Å². The van der Waals surface area contributed by atoms with E-state index in [1.807, 2.05) is 6.92 Å². The molecule has 0 bridgehead atoms. The number of rotatable bonds is 8. The number of hydrogen-bond acceptors (Lipinski definition) is 4. The van der Waals surface area contributed by atoms with Crippen LogP contribution in [0.15, 0.2) is 23.1 Å². The first-order valence-corrected chi connectivity index (χ1v) is 8.70. The molecule has 0 heterocycles. The van der Waals surface area contributed by atoms with Gasteiger partial charge in [0.15, 0.2) is 0 Å². The van der Waals surface area contributed by atoms with Gasteiger partial charge >= 0.3 is 0 Å². The lowest BCUT2D eigenvalue weighted by atomic mass is 10.0. The van der Waals surface area contributed by atoms with Gasteiger partial charge in [-0.15, -0.1) is 0 Å². The van der Waals surface area contributed by atoms with E-state index in [0.29, 0.717) is 11.6 Å². The van der Waals surface area contributed by atoms with Gasteiger partial charge in [0.2, 0.25) is 10.0 Å². The van der Waals surface area contributed by atoms with Crippen molar-refractivity contribution < 1.29 is 13.2 Å². The van der Waals surface area contributed by atoms with Gasteiger partial charge in [-0.1, -0.05) is 26.7 Å². The molecule has 0 aromatic heterocycles. The van der Waals surface area contributed by atoms with Gasteiger partial charge in [0.05, 0.1) is 7.11 Å². The van der Waals surface area contributed by atoms with Gasteiger partial charge in [0, 0.05) is 17.8 Å². The van der Waals surface area contributed by atoms with Crippen molar-refractivity contribution in [3.8, 4) is 5.75 Å². The molecule has 0 aliphatic heterocycles. The Hall–Kier alpha value is -1.27. The second-order valence-corrected chi connectivity index (χ2v) is 7.44. The lowest BCUT2D eigenvalue weighted by Crippen LogP contribution is -2.32. The molecule has 0 amide bonds. The van der Waals surface area contributed by atoms with Crippen LogP contribution in [-0.2, 0) is 10.0 Å². The third kappa shape index (κ3) is 5.55. The number of nitrogens with one attached hydrogen (secondary N) is 1. The summed E-state index contributed by atoms with van der Waals surface area (Å²) < 4.78 is 32.6. The summed E-state index contributed by atoms with van der Waals surface area (Å²) in [4.78, 5) is 0.120. The van der Waals surface area contributed by atoms with Gasteiger partial charge in [-0.2, -0.15) is 0 Å². The summed E-state index contributed by atoms with van der Waals surface area (Å²) in [6.45, 7) is 6.20. The highest BCUT2D eigenvalue weighted by Gasteiger charge is 2.21. The summed E-state index contributed by atoms with van der Waals surface area (Å²) in [6.07, 6.45) is 2.91. The van der Waals surface area contributed by atoms with E-state index in [9.17, 15) is 8.42 Å². The van der Waals surface area contributed by atoms with E-state index in [-0.39, 0.29) is 16.7 Å². The van der Waals surface area contributed by atoms with E-state index in [1.165, 1.54) is 19.2 Å². The normalized spacial score (nSPS) is 13.4. The molecule has 0 fully saturated rings. The second kappa shape index (κ2) is 7.66. The van der Waals surface area contributed by atoms with Crippen molar-refractivity contribution in [2.45, 2.75) is 51.0 Å². The van der Waals surface area contributed by atoms with E-state index in [0.717, 1.165) is 19.3 Å². The molecule has 1 aromatic rings. The van der Waals surface area contributed by atoms with Gasteiger partial charge < -0.3 is 10.5 Å². The van der Waals surface area contributed by atoms with Crippen LogP contribution in [0.3, 0.4) is 0 Å². The van der Waals surface area contributed by atoms with Crippen LogP contribution < -0.4 is 15.2 Å².